The Kier molecular flexibility index (Phi) is 4.67. The van der Waals surface area contributed by atoms with E-state index in [1.807, 2.05) is 0 Å². The average Bonchev–Trinajstić information content (AvgIpc) is 2.09. The van der Waals surface area contributed by atoms with Gasteiger partial charge in [0.05, 0.1) is 13.2 Å². The molecule has 78 valence electrons. The summed E-state index contributed by atoms with van der Waals surface area (Å²) >= 11 is 0. The number of ether oxygens (including phenoxy) is 1. The number of hydrogen-bond acceptors (Lipinski definition) is 4. The van der Waals surface area contributed by atoms with Crippen LogP contribution in [0.25, 0.3) is 0 Å². The molecule has 1 heterocycles. The number of methoxy groups -OCH3 is 1. The molecule has 0 aromatic rings. The van der Waals surface area contributed by atoms with Crippen LogP contribution in [0, 0.1) is 5.41 Å². The molecule has 0 aromatic heterocycles. The van der Waals surface area contributed by atoms with Gasteiger partial charge in [-0.1, -0.05) is 0 Å². The second-order valence-electron chi connectivity index (χ2n) is 3.39. The highest BCUT2D eigenvalue weighted by molar-refractivity contribution is 5.85. The zero-order valence-corrected chi connectivity index (χ0v) is 8.69. The van der Waals surface area contributed by atoms with Gasteiger partial charge in [0.1, 0.15) is 5.41 Å². The average molecular weight is 210 g/mol. The minimum atomic E-state index is -0.771. The Morgan fingerprint density at radius 3 is 2.77 bits per heavy atom. The second-order valence-corrected chi connectivity index (χ2v) is 3.39. The topological polar surface area (TPSA) is 58.6 Å². The molecule has 0 spiro atoms. The lowest BCUT2D eigenvalue weighted by molar-refractivity contribution is -0.160. The van der Waals surface area contributed by atoms with Crippen LogP contribution in [0.5, 0.6) is 0 Å². The van der Waals surface area contributed by atoms with Gasteiger partial charge >= 0.3 is 5.97 Å². The summed E-state index contributed by atoms with van der Waals surface area (Å²) in [6.45, 7) is 2.96. The third kappa shape index (κ3) is 2.33. The lowest BCUT2D eigenvalue weighted by Gasteiger charge is -2.35. The molecule has 2 unspecified atom stereocenters. The molecule has 2 N–H and O–H groups in total. The quantitative estimate of drug-likeness (QED) is 0.595. The first kappa shape index (κ1) is 12.7. The van der Waals surface area contributed by atoms with Crippen LogP contribution in [0.15, 0.2) is 0 Å². The predicted octanol–water partition coefficient (Wildman–Crippen LogP) is -0.0583. The number of halogens is 1. The van der Waals surface area contributed by atoms with E-state index in [1.54, 1.807) is 6.92 Å². The van der Waals surface area contributed by atoms with E-state index in [4.69, 9.17) is 0 Å². The van der Waals surface area contributed by atoms with E-state index in [-0.39, 0.29) is 18.4 Å². The minimum Gasteiger partial charge on any atom is -0.468 e. The molecule has 5 heteroatoms. The van der Waals surface area contributed by atoms with Crippen molar-refractivity contribution in [2.75, 3.05) is 20.2 Å². The number of piperidine rings is 1. The monoisotopic (exact) mass is 209 g/mol. The Morgan fingerprint density at radius 1 is 1.69 bits per heavy atom. The molecule has 0 aliphatic carbocycles. The molecule has 4 nitrogen and oxygen atoms in total. The van der Waals surface area contributed by atoms with Gasteiger partial charge in [0.25, 0.3) is 0 Å². The van der Waals surface area contributed by atoms with Gasteiger partial charge in [-0.3, -0.25) is 4.79 Å². The van der Waals surface area contributed by atoms with Crippen molar-refractivity contribution < 1.29 is 14.6 Å². The molecule has 0 aromatic carbocycles. The smallest absolute Gasteiger partial charge is 0.315 e. The van der Waals surface area contributed by atoms with Gasteiger partial charge in [0.2, 0.25) is 0 Å². The fourth-order valence-corrected chi connectivity index (χ4v) is 1.46. The number of esters is 1. The number of aliphatic hydroxyl groups is 1. The summed E-state index contributed by atoms with van der Waals surface area (Å²) in [5.74, 6) is -0.345. The SMILES string of the molecule is COC(=O)C1(C)CNCCC1O.Cl. The molecule has 0 radical (unpaired) electrons. The zero-order valence-electron chi connectivity index (χ0n) is 7.87. The predicted molar refractivity (Wildman–Crippen MR) is 50.9 cm³/mol. The van der Waals surface area contributed by atoms with Crippen molar-refractivity contribution in [2.45, 2.75) is 19.4 Å². The Hall–Kier alpha value is -0.320. The van der Waals surface area contributed by atoms with Gasteiger partial charge in [0, 0.05) is 6.54 Å². The molecule has 1 rings (SSSR count). The van der Waals surface area contributed by atoms with E-state index in [9.17, 15) is 9.90 Å². The molecule has 1 fully saturated rings. The third-order valence-corrected chi connectivity index (χ3v) is 2.47. The van der Waals surface area contributed by atoms with Crippen molar-refractivity contribution in [3.8, 4) is 0 Å². The maximum absolute atomic E-state index is 11.3. The van der Waals surface area contributed by atoms with Crippen molar-refractivity contribution in [3.05, 3.63) is 0 Å². The van der Waals surface area contributed by atoms with Crippen LogP contribution in [0.1, 0.15) is 13.3 Å². The van der Waals surface area contributed by atoms with E-state index in [0.29, 0.717) is 13.0 Å². The summed E-state index contributed by atoms with van der Waals surface area (Å²) in [5.41, 5.74) is -0.771. The van der Waals surface area contributed by atoms with Crippen LogP contribution in [0.4, 0.5) is 0 Å². The molecule has 1 saturated heterocycles. The first-order chi connectivity index (χ1) is 5.61. The maximum Gasteiger partial charge on any atom is 0.315 e. The van der Waals surface area contributed by atoms with Crippen LogP contribution in [0.2, 0.25) is 0 Å². The fraction of sp³-hybridized carbons (Fsp3) is 0.875. The summed E-state index contributed by atoms with van der Waals surface area (Å²) in [6, 6.07) is 0. The highest BCUT2D eigenvalue weighted by Crippen LogP contribution is 2.27. The van der Waals surface area contributed by atoms with Crippen molar-refractivity contribution >= 4 is 18.4 Å². The first-order valence-electron chi connectivity index (χ1n) is 4.08. The number of aliphatic hydroxyl groups excluding tert-OH is 1. The largest absolute Gasteiger partial charge is 0.468 e. The molecule has 0 saturated carbocycles. The Balaban J connectivity index is 0.00000144. The van der Waals surface area contributed by atoms with Crippen LogP contribution in [0.3, 0.4) is 0 Å². The minimum absolute atomic E-state index is 0. The number of hydrogen-bond donors (Lipinski definition) is 2. The van der Waals surface area contributed by atoms with E-state index in [1.165, 1.54) is 7.11 Å². The third-order valence-electron chi connectivity index (χ3n) is 2.47. The van der Waals surface area contributed by atoms with E-state index < -0.39 is 11.5 Å². The molecule has 13 heavy (non-hydrogen) atoms. The van der Waals surface area contributed by atoms with Crippen LogP contribution in [-0.4, -0.2) is 37.4 Å². The maximum atomic E-state index is 11.3. The van der Waals surface area contributed by atoms with E-state index >= 15 is 0 Å². The highest BCUT2D eigenvalue weighted by Gasteiger charge is 2.43. The Bertz CT molecular complexity index is 188. The summed E-state index contributed by atoms with van der Waals surface area (Å²) < 4.78 is 4.62. The summed E-state index contributed by atoms with van der Waals surface area (Å²) in [6.07, 6.45) is 0.0113. The molecule has 2 atom stereocenters. The van der Waals surface area contributed by atoms with Crippen LogP contribution >= 0.6 is 12.4 Å². The number of nitrogens with one attached hydrogen (secondary N) is 1. The standard InChI is InChI=1S/C8H15NO3.ClH/c1-8(7(11)12-2)5-9-4-3-6(8)10;/h6,9-10H,3-5H2,1-2H3;1H. The number of rotatable bonds is 1. The van der Waals surface area contributed by atoms with Crippen molar-refractivity contribution in [3.63, 3.8) is 0 Å². The highest BCUT2D eigenvalue weighted by atomic mass is 35.5. The van der Waals surface area contributed by atoms with Gasteiger partial charge in [-0.05, 0) is 19.9 Å². The van der Waals surface area contributed by atoms with Crippen molar-refractivity contribution in [1.29, 1.82) is 0 Å². The summed E-state index contributed by atoms with van der Waals surface area (Å²) in [4.78, 5) is 11.3. The molecule has 1 aliphatic rings. The lowest BCUT2D eigenvalue weighted by Crippen LogP contribution is -2.53. The molecular weight excluding hydrogens is 194 g/mol. The number of carbonyl (C=O) groups is 1. The Labute approximate surface area is 84.1 Å². The van der Waals surface area contributed by atoms with E-state index in [2.05, 4.69) is 10.1 Å². The van der Waals surface area contributed by atoms with Crippen LogP contribution in [-0.2, 0) is 9.53 Å². The zero-order chi connectivity index (χ0) is 9.19. The molecule has 1 aliphatic heterocycles. The second kappa shape index (κ2) is 4.79. The Morgan fingerprint density at radius 2 is 2.31 bits per heavy atom. The van der Waals surface area contributed by atoms with Crippen molar-refractivity contribution in [1.82, 2.24) is 5.32 Å². The van der Waals surface area contributed by atoms with Crippen molar-refractivity contribution in [2.24, 2.45) is 5.41 Å². The normalized spacial score (nSPS) is 33.3. The lowest BCUT2D eigenvalue weighted by atomic mass is 9.80. The first-order valence-corrected chi connectivity index (χ1v) is 4.08. The van der Waals surface area contributed by atoms with Crippen LogP contribution < -0.4 is 5.32 Å². The summed E-state index contributed by atoms with van der Waals surface area (Å²) in [7, 11) is 1.34. The number of carbonyl (C=O) groups excluding carboxylic acids is 1. The molecule has 0 bridgehead atoms. The molecule has 0 amide bonds. The van der Waals surface area contributed by atoms with E-state index in [0.717, 1.165) is 6.54 Å². The summed E-state index contributed by atoms with van der Waals surface area (Å²) in [5, 5.41) is 12.6. The van der Waals surface area contributed by atoms with Gasteiger partial charge in [-0.2, -0.15) is 0 Å². The van der Waals surface area contributed by atoms with Gasteiger partial charge in [0.15, 0.2) is 0 Å². The molecular formula is C8H16ClNO3. The fourth-order valence-electron chi connectivity index (χ4n) is 1.46. The van der Waals surface area contributed by atoms with Gasteiger partial charge in [-0.25, -0.2) is 0 Å². The van der Waals surface area contributed by atoms with Gasteiger partial charge < -0.3 is 15.2 Å². The van der Waals surface area contributed by atoms with Gasteiger partial charge in [-0.15, -0.1) is 12.4 Å².